The summed E-state index contributed by atoms with van der Waals surface area (Å²) >= 11 is 1.66. The van der Waals surface area contributed by atoms with Crippen LogP contribution in [-0.2, 0) is 17.8 Å². The standard InChI is InChI=1S/C10H20N4OS/c1-4-14-9(7-11)12-13-10(14)16-6-5-15-8(2)3/h8H,4-7,11H2,1-3H3. The molecule has 0 atom stereocenters. The molecular weight excluding hydrogens is 224 g/mol. The third kappa shape index (κ3) is 3.77. The van der Waals surface area contributed by atoms with Gasteiger partial charge in [-0.3, -0.25) is 0 Å². The van der Waals surface area contributed by atoms with Crippen LogP contribution in [0.25, 0.3) is 0 Å². The second-order valence-corrected chi connectivity index (χ2v) is 4.68. The minimum absolute atomic E-state index is 0.282. The van der Waals surface area contributed by atoms with Crippen molar-refractivity contribution in [1.82, 2.24) is 14.8 Å². The smallest absolute Gasteiger partial charge is 0.191 e. The first-order chi connectivity index (χ1) is 7.69. The first-order valence-electron chi connectivity index (χ1n) is 5.55. The zero-order chi connectivity index (χ0) is 12.0. The predicted octanol–water partition coefficient (Wildman–Crippen LogP) is 1.27. The normalized spacial score (nSPS) is 11.3. The molecule has 0 saturated heterocycles. The summed E-state index contributed by atoms with van der Waals surface area (Å²) in [4.78, 5) is 0. The topological polar surface area (TPSA) is 66.0 Å². The molecule has 0 fully saturated rings. The van der Waals surface area contributed by atoms with E-state index in [9.17, 15) is 0 Å². The van der Waals surface area contributed by atoms with Gasteiger partial charge in [0.25, 0.3) is 0 Å². The molecule has 0 aromatic carbocycles. The maximum absolute atomic E-state index is 5.58. The summed E-state index contributed by atoms with van der Waals surface area (Å²) < 4.78 is 7.51. The molecule has 5 nitrogen and oxygen atoms in total. The van der Waals surface area contributed by atoms with Crippen LogP contribution in [-0.4, -0.2) is 33.2 Å². The molecule has 6 heteroatoms. The Kier molecular flexibility index (Phi) is 5.79. The van der Waals surface area contributed by atoms with E-state index >= 15 is 0 Å². The number of nitrogens with zero attached hydrogens (tertiary/aromatic N) is 3. The molecule has 0 spiro atoms. The van der Waals surface area contributed by atoms with E-state index in [1.54, 1.807) is 11.8 Å². The Labute approximate surface area is 101 Å². The van der Waals surface area contributed by atoms with Crippen molar-refractivity contribution in [2.75, 3.05) is 12.4 Å². The molecule has 16 heavy (non-hydrogen) atoms. The number of thioether (sulfide) groups is 1. The van der Waals surface area contributed by atoms with Crippen molar-refractivity contribution in [2.45, 2.75) is 45.1 Å². The van der Waals surface area contributed by atoms with Crippen molar-refractivity contribution >= 4 is 11.8 Å². The highest BCUT2D eigenvalue weighted by molar-refractivity contribution is 7.99. The molecule has 0 aliphatic carbocycles. The second-order valence-electron chi connectivity index (χ2n) is 3.62. The number of ether oxygens (including phenoxy) is 1. The Hall–Kier alpha value is -0.590. The summed E-state index contributed by atoms with van der Waals surface area (Å²) in [6.45, 7) is 8.16. The quantitative estimate of drug-likeness (QED) is 0.578. The summed E-state index contributed by atoms with van der Waals surface area (Å²) in [5.74, 6) is 1.73. The molecule has 1 heterocycles. The summed E-state index contributed by atoms with van der Waals surface area (Å²) in [6, 6.07) is 0. The Bertz CT molecular complexity index is 314. The van der Waals surface area contributed by atoms with Gasteiger partial charge < -0.3 is 15.0 Å². The highest BCUT2D eigenvalue weighted by Gasteiger charge is 2.09. The van der Waals surface area contributed by atoms with Gasteiger partial charge in [-0.2, -0.15) is 0 Å². The first-order valence-corrected chi connectivity index (χ1v) is 6.54. The Morgan fingerprint density at radius 2 is 2.19 bits per heavy atom. The summed E-state index contributed by atoms with van der Waals surface area (Å²) in [6.07, 6.45) is 0.282. The van der Waals surface area contributed by atoms with E-state index in [0.29, 0.717) is 6.54 Å². The number of aromatic nitrogens is 3. The summed E-state index contributed by atoms with van der Waals surface area (Å²) in [5, 5.41) is 9.09. The lowest BCUT2D eigenvalue weighted by atomic mass is 10.5. The molecule has 0 aliphatic heterocycles. The highest BCUT2D eigenvalue weighted by Crippen LogP contribution is 2.16. The van der Waals surface area contributed by atoms with Gasteiger partial charge in [0.15, 0.2) is 5.16 Å². The van der Waals surface area contributed by atoms with Crippen LogP contribution in [0, 0.1) is 0 Å². The summed E-state index contributed by atoms with van der Waals surface area (Å²) in [5.41, 5.74) is 5.58. The fourth-order valence-electron chi connectivity index (χ4n) is 1.31. The van der Waals surface area contributed by atoms with Crippen LogP contribution in [0.3, 0.4) is 0 Å². The zero-order valence-corrected chi connectivity index (χ0v) is 11.0. The molecule has 0 saturated carbocycles. The zero-order valence-electron chi connectivity index (χ0n) is 10.1. The Morgan fingerprint density at radius 1 is 1.44 bits per heavy atom. The van der Waals surface area contributed by atoms with Crippen LogP contribution in [0.5, 0.6) is 0 Å². The maximum atomic E-state index is 5.58. The van der Waals surface area contributed by atoms with Crippen LogP contribution in [0.2, 0.25) is 0 Å². The number of rotatable bonds is 7. The molecule has 1 aromatic rings. The number of hydrogen-bond acceptors (Lipinski definition) is 5. The summed E-state index contributed by atoms with van der Waals surface area (Å²) in [7, 11) is 0. The van der Waals surface area contributed by atoms with Crippen molar-refractivity contribution < 1.29 is 4.74 Å². The van der Waals surface area contributed by atoms with E-state index in [1.807, 2.05) is 18.4 Å². The molecule has 1 rings (SSSR count). The Balaban J connectivity index is 2.44. The molecule has 0 unspecified atom stereocenters. The minimum atomic E-state index is 0.282. The third-order valence-electron chi connectivity index (χ3n) is 2.06. The molecule has 0 amide bonds. The van der Waals surface area contributed by atoms with Gasteiger partial charge in [-0.1, -0.05) is 11.8 Å². The van der Waals surface area contributed by atoms with Crippen molar-refractivity contribution in [3.8, 4) is 0 Å². The maximum Gasteiger partial charge on any atom is 0.191 e. The predicted molar refractivity (Wildman–Crippen MR) is 65.4 cm³/mol. The van der Waals surface area contributed by atoms with Crippen molar-refractivity contribution in [3.63, 3.8) is 0 Å². The van der Waals surface area contributed by atoms with Crippen LogP contribution >= 0.6 is 11.8 Å². The lowest BCUT2D eigenvalue weighted by molar-refractivity contribution is 0.0920. The molecule has 0 radical (unpaired) electrons. The molecule has 92 valence electrons. The van der Waals surface area contributed by atoms with Gasteiger partial charge in [0.2, 0.25) is 0 Å². The molecule has 1 aromatic heterocycles. The van der Waals surface area contributed by atoms with E-state index < -0.39 is 0 Å². The molecule has 2 N–H and O–H groups in total. The van der Waals surface area contributed by atoms with Crippen LogP contribution in [0.4, 0.5) is 0 Å². The van der Waals surface area contributed by atoms with Gasteiger partial charge in [-0.05, 0) is 20.8 Å². The largest absolute Gasteiger partial charge is 0.378 e. The lowest BCUT2D eigenvalue weighted by Crippen LogP contribution is -2.09. The van der Waals surface area contributed by atoms with Gasteiger partial charge in [0, 0.05) is 12.3 Å². The van der Waals surface area contributed by atoms with Crippen molar-refractivity contribution in [2.24, 2.45) is 5.73 Å². The van der Waals surface area contributed by atoms with Crippen LogP contribution < -0.4 is 5.73 Å². The fourth-order valence-corrected chi connectivity index (χ4v) is 2.16. The van der Waals surface area contributed by atoms with Crippen LogP contribution in [0.1, 0.15) is 26.6 Å². The van der Waals surface area contributed by atoms with E-state index in [1.165, 1.54) is 0 Å². The number of nitrogens with two attached hydrogens (primary N) is 1. The van der Waals surface area contributed by atoms with Crippen LogP contribution in [0.15, 0.2) is 5.16 Å². The Morgan fingerprint density at radius 3 is 2.75 bits per heavy atom. The minimum Gasteiger partial charge on any atom is -0.378 e. The molecule has 0 aliphatic rings. The van der Waals surface area contributed by atoms with Gasteiger partial charge >= 0.3 is 0 Å². The lowest BCUT2D eigenvalue weighted by Gasteiger charge is -2.08. The SMILES string of the molecule is CCn1c(CN)nnc1SCCOC(C)C. The fraction of sp³-hybridized carbons (Fsp3) is 0.800. The van der Waals surface area contributed by atoms with Crippen molar-refractivity contribution in [1.29, 1.82) is 0 Å². The second kappa shape index (κ2) is 6.88. The van der Waals surface area contributed by atoms with E-state index in [4.69, 9.17) is 10.5 Å². The van der Waals surface area contributed by atoms with E-state index in [2.05, 4.69) is 17.1 Å². The number of hydrogen-bond donors (Lipinski definition) is 1. The van der Waals surface area contributed by atoms with Gasteiger partial charge in [0.1, 0.15) is 5.82 Å². The first kappa shape index (κ1) is 13.5. The van der Waals surface area contributed by atoms with E-state index in [0.717, 1.165) is 29.9 Å². The average molecular weight is 244 g/mol. The van der Waals surface area contributed by atoms with E-state index in [-0.39, 0.29) is 6.10 Å². The molecular formula is C10H20N4OS. The third-order valence-corrected chi connectivity index (χ3v) is 2.99. The highest BCUT2D eigenvalue weighted by atomic mass is 32.2. The van der Waals surface area contributed by atoms with Gasteiger partial charge in [-0.25, -0.2) is 0 Å². The average Bonchev–Trinajstić information content (AvgIpc) is 2.66. The molecule has 0 bridgehead atoms. The monoisotopic (exact) mass is 244 g/mol. The van der Waals surface area contributed by atoms with Crippen molar-refractivity contribution in [3.05, 3.63) is 5.82 Å². The van der Waals surface area contributed by atoms with Gasteiger partial charge in [-0.15, -0.1) is 10.2 Å². The van der Waals surface area contributed by atoms with Gasteiger partial charge in [0.05, 0.1) is 19.3 Å².